The summed E-state index contributed by atoms with van der Waals surface area (Å²) in [5, 5.41) is 16.9. The molecule has 0 spiro atoms. The van der Waals surface area contributed by atoms with Crippen LogP contribution in [0.1, 0.15) is 74.1 Å². The van der Waals surface area contributed by atoms with E-state index in [-0.39, 0.29) is 75.3 Å². The molecule has 0 heterocycles. The Kier molecular flexibility index (Phi) is 39.8. The number of rotatable bonds is 28. The molecule has 0 aromatic carbocycles. The third kappa shape index (κ3) is 45.7. The van der Waals surface area contributed by atoms with Crippen LogP contribution >= 0.6 is 0 Å². The summed E-state index contributed by atoms with van der Waals surface area (Å²) < 4.78 is 40.1. The zero-order valence-electron chi connectivity index (χ0n) is 36.2. The van der Waals surface area contributed by atoms with Gasteiger partial charge in [-0.15, -0.1) is 0 Å². The van der Waals surface area contributed by atoms with Crippen LogP contribution in [0.25, 0.3) is 0 Å². The van der Waals surface area contributed by atoms with Crippen LogP contribution in [0, 0.1) is 10.8 Å². The van der Waals surface area contributed by atoms with E-state index in [1.165, 1.54) is 0 Å². The second-order valence-electron chi connectivity index (χ2n) is 14.0. The first-order valence-corrected chi connectivity index (χ1v) is 18.9. The van der Waals surface area contributed by atoms with E-state index in [1.807, 2.05) is 20.8 Å². The zero-order valence-corrected chi connectivity index (χ0v) is 36.2. The summed E-state index contributed by atoms with van der Waals surface area (Å²) in [6, 6.07) is 0. The quantitative estimate of drug-likeness (QED) is 0.0452. The molecule has 2 N–H and O–H groups in total. The highest BCUT2D eigenvalue weighted by Crippen LogP contribution is 2.16. The SMILES string of the molecule is C=CC(=O)OCC(C)(C)COC(=O)C=C.C=CC(=O)OCC(C)OCC(C)OCC(C)OC(=O)C=C.C=CC(=O)OCCCCCCOC(=O)C=C.CC(C)(CO)CO. The zero-order chi connectivity index (χ0) is 46.3. The molecule has 0 fully saturated rings. The van der Waals surface area contributed by atoms with E-state index >= 15 is 0 Å². The average molecular weight is 843 g/mol. The highest BCUT2D eigenvalue weighted by molar-refractivity contribution is 5.82. The van der Waals surface area contributed by atoms with Crippen LogP contribution < -0.4 is 0 Å². The Morgan fingerprint density at radius 2 is 0.780 bits per heavy atom. The summed E-state index contributed by atoms with van der Waals surface area (Å²) in [5.74, 6) is -2.71. The summed E-state index contributed by atoms with van der Waals surface area (Å²) in [4.78, 5) is 64.7. The summed E-state index contributed by atoms with van der Waals surface area (Å²) in [5.41, 5.74) is -0.725. The average Bonchev–Trinajstić information content (AvgIpc) is 3.23. The van der Waals surface area contributed by atoms with Crippen molar-refractivity contribution in [3.8, 4) is 0 Å². The monoisotopic (exact) mass is 842 g/mol. The van der Waals surface area contributed by atoms with E-state index < -0.39 is 29.3 Å². The van der Waals surface area contributed by atoms with E-state index in [9.17, 15) is 28.8 Å². The largest absolute Gasteiger partial charge is 0.463 e. The number of hydrogen-bond donors (Lipinski definition) is 2. The molecule has 0 aromatic heterocycles. The molecule has 338 valence electrons. The van der Waals surface area contributed by atoms with Crippen LogP contribution in [-0.4, -0.2) is 124 Å². The molecular weight excluding hydrogens is 772 g/mol. The van der Waals surface area contributed by atoms with Crippen molar-refractivity contribution in [3.05, 3.63) is 75.9 Å². The third-order valence-corrected chi connectivity index (χ3v) is 6.60. The van der Waals surface area contributed by atoms with Crippen LogP contribution in [0.5, 0.6) is 0 Å². The van der Waals surface area contributed by atoms with E-state index in [4.69, 9.17) is 48.1 Å². The number of aliphatic hydroxyl groups excluding tert-OH is 2. The highest BCUT2D eigenvalue weighted by Gasteiger charge is 2.22. The maximum atomic E-state index is 11.0. The number of ether oxygens (including phenoxy) is 8. The van der Waals surface area contributed by atoms with Gasteiger partial charge in [0.25, 0.3) is 0 Å². The Hall–Kier alpha value is -4.90. The van der Waals surface area contributed by atoms with Gasteiger partial charge in [0.05, 0.1) is 65.1 Å². The molecule has 0 saturated heterocycles. The van der Waals surface area contributed by atoms with Gasteiger partial charge in [-0.3, -0.25) is 0 Å². The van der Waals surface area contributed by atoms with Gasteiger partial charge in [-0.25, -0.2) is 28.8 Å². The van der Waals surface area contributed by atoms with Crippen molar-refractivity contribution >= 4 is 35.8 Å². The van der Waals surface area contributed by atoms with Gasteiger partial charge in [-0.05, 0) is 46.5 Å². The Morgan fingerprint density at radius 3 is 1.12 bits per heavy atom. The fourth-order valence-electron chi connectivity index (χ4n) is 3.00. The third-order valence-electron chi connectivity index (χ3n) is 6.60. The van der Waals surface area contributed by atoms with Crippen molar-refractivity contribution in [1.29, 1.82) is 0 Å². The normalized spacial score (nSPS) is 11.7. The smallest absolute Gasteiger partial charge is 0.330 e. The minimum atomic E-state index is -0.488. The Labute approximate surface area is 350 Å². The fraction of sp³-hybridized carbons (Fsp3) is 0.581. The Morgan fingerprint density at radius 1 is 0.458 bits per heavy atom. The first-order valence-electron chi connectivity index (χ1n) is 18.9. The molecular formula is C43H70O16. The van der Waals surface area contributed by atoms with Gasteiger partial charge in [0.15, 0.2) is 0 Å². The van der Waals surface area contributed by atoms with E-state index in [0.29, 0.717) is 19.8 Å². The molecule has 0 aliphatic rings. The molecule has 0 rings (SSSR count). The number of unbranched alkanes of at least 4 members (excludes halogenated alkanes) is 3. The lowest BCUT2D eigenvalue weighted by molar-refractivity contribution is -0.148. The highest BCUT2D eigenvalue weighted by atomic mass is 16.6. The summed E-state index contributed by atoms with van der Waals surface area (Å²) in [6.07, 6.45) is 9.42. The number of aliphatic hydroxyl groups is 2. The van der Waals surface area contributed by atoms with Crippen LogP contribution in [0.4, 0.5) is 0 Å². The van der Waals surface area contributed by atoms with Crippen LogP contribution in [0.3, 0.4) is 0 Å². The molecule has 0 amide bonds. The lowest BCUT2D eigenvalue weighted by Gasteiger charge is -2.22. The minimum Gasteiger partial charge on any atom is -0.463 e. The Balaban J connectivity index is -0.000000360. The predicted octanol–water partition coefficient (Wildman–Crippen LogP) is 5.12. The van der Waals surface area contributed by atoms with Gasteiger partial charge in [-0.2, -0.15) is 0 Å². The molecule has 3 atom stereocenters. The van der Waals surface area contributed by atoms with Crippen molar-refractivity contribution in [1.82, 2.24) is 0 Å². The molecule has 16 nitrogen and oxygen atoms in total. The van der Waals surface area contributed by atoms with Crippen LogP contribution in [0.15, 0.2) is 75.9 Å². The molecule has 59 heavy (non-hydrogen) atoms. The van der Waals surface area contributed by atoms with Gasteiger partial charge in [0.1, 0.15) is 12.7 Å². The second kappa shape index (κ2) is 38.6. The molecule has 0 aliphatic heterocycles. The summed E-state index contributed by atoms with van der Waals surface area (Å²) in [7, 11) is 0. The number of esters is 6. The minimum absolute atomic E-state index is 0.0451. The maximum absolute atomic E-state index is 11.0. The lowest BCUT2D eigenvalue weighted by atomic mass is 9.96. The van der Waals surface area contributed by atoms with Crippen LogP contribution in [-0.2, 0) is 66.7 Å². The molecule has 16 heteroatoms. The lowest BCUT2D eigenvalue weighted by Crippen LogP contribution is -2.27. The molecule has 0 bridgehead atoms. The predicted molar refractivity (Wildman–Crippen MR) is 223 cm³/mol. The van der Waals surface area contributed by atoms with Crippen molar-refractivity contribution in [2.45, 2.75) is 92.5 Å². The first-order chi connectivity index (χ1) is 27.6. The molecule has 0 radical (unpaired) electrons. The van der Waals surface area contributed by atoms with Gasteiger partial charge in [-0.1, -0.05) is 67.2 Å². The fourth-order valence-corrected chi connectivity index (χ4v) is 3.00. The van der Waals surface area contributed by atoms with Gasteiger partial charge < -0.3 is 48.1 Å². The van der Waals surface area contributed by atoms with Gasteiger partial charge in [0, 0.05) is 47.3 Å². The van der Waals surface area contributed by atoms with Crippen molar-refractivity contribution in [2.75, 3.05) is 59.5 Å². The molecule has 0 aromatic rings. The van der Waals surface area contributed by atoms with Crippen molar-refractivity contribution in [3.63, 3.8) is 0 Å². The van der Waals surface area contributed by atoms with Crippen molar-refractivity contribution < 1.29 is 76.9 Å². The number of hydrogen-bond acceptors (Lipinski definition) is 16. The molecule has 0 aliphatic carbocycles. The second-order valence-corrected chi connectivity index (χ2v) is 14.0. The summed E-state index contributed by atoms with van der Waals surface area (Å²) in [6.45, 7) is 34.4. The standard InChI is InChI=1S/C15H24O6.C12H18O4.C11H16O4.C5H12O2/c1-6-14(16)20-9-12(4)18-8-11(3)19-10-13(5)21-15(17)7-2;1-3-11(13)15-9-7-5-6-8-10-16-12(14)4-2;1-5-9(12)14-7-11(3,4)8-15-10(13)6-2;1-5(2,3-6)4-7/h6-7,11-13H,1-2,8-10H2,3-5H3;3-4H,1-2,5-10H2;5-6H,1-2,7-8H2,3-4H3;6-7H,3-4H2,1-2H3. The number of carbonyl (C=O) groups excluding carboxylic acids is 6. The number of carbonyl (C=O) groups is 6. The van der Waals surface area contributed by atoms with Crippen LogP contribution in [0.2, 0.25) is 0 Å². The van der Waals surface area contributed by atoms with E-state index in [0.717, 1.165) is 62.1 Å². The summed E-state index contributed by atoms with van der Waals surface area (Å²) >= 11 is 0. The Bertz CT molecular complexity index is 1210. The first kappa shape index (κ1) is 60.8. The van der Waals surface area contributed by atoms with E-state index in [1.54, 1.807) is 27.7 Å². The molecule has 0 saturated carbocycles. The van der Waals surface area contributed by atoms with Crippen molar-refractivity contribution in [2.24, 2.45) is 10.8 Å². The van der Waals surface area contributed by atoms with E-state index in [2.05, 4.69) is 39.5 Å². The maximum Gasteiger partial charge on any atom is 0.330 e. The molecule has 3 unspecified atom stereocenters. The van der Waals surface area contributed by atoms with Gasteiger partial charge >= 0.3 is 35.8 Å². The van der Waals surface area contributed by atoms with Gasteiger partial charge in [0.2, 0.25) is 0 Å². The topological polar surface area (TPSA) is 217 Å².